The van der Waals surface area contributed by atoms with Crippen LogP contribution in [0.2, 0.25) is 0 Å². The van der Waals surface area contributed by atoms with Crippen molar-refractivity contribution in [3.05, 3.63) is 77.4 Å². The molecule has 4 rings (SSSR count). The molecule has 0 saturated heterocycles. The molecule has 3 aromatic rings. The van der Waals surface area contributed by atoms with E-state index >= 15 is 0 Å². The van der Waals surface area contributed by atoms with E-state index in [0.717, 1.165) is 10.3 Å². The maximum atomic E-state index is 12.9. The first-order valence-corrected chi connectivity index (χ1v) is 7.59. The lowest BCUT2D eigenvalue weighted by Gasteiger charge is -2.27. The Morgan fingerprint density at radius 2 is 1.42 bits per heavy atom. The van der Waals surface area contributed by atoms with Crippen molar-refractivity contribution in [2.45, 2.75) is 6.92 Å². The number of Topliss-reactive ketones (excluding diaryl/α,β-unsaturated/α-hetero) is 1. The summed E-state index contributed by atoms with van der Waals surface area (Å²) in [7, 11) is 0. The van der Waals surface area contributed by atoms with Crippen molar-refractivity contribution in [1.29, 1.82) is 0 Å². The van der Waals surface area contributed by atoms with E-state index in [1.807, 2.05) is 12.1 Å². The predicted octanol–water partition coefficient (Wildman–Crippen LogP) is 3.84. The van der Waals surface area contributed by atoms with Crippen molar-refractivity contribution in [2.24, 2.45) is 0 Å². The van der Waals surface area contributed by atoms with E-state index in [9.17, 15) is 14.4 Å². The predicted molar refractivity (Wildman–Crippen MR) is 91.5 cm³/mol. The second-order valence-electron chi connectivity index (χ2n) is 5.76. The summed E-state index contributed by atoms with van der Waals surface area (Å²) in [5.74, 6) is -0.855. The summed E-state index contributed by atoms with van der Waals surface area (Å²) in [4.78, 5) is 38.6. The molecule has 4 nitrogen and oxygen atoms in total. The Morgan fingerprint density at radius 1 is 0.833 bits per heavy atom. The zero-order valence-electron chi connectivity index (χ0n) is 12.9. The van der Waals surface area contributed by atoms with Gasteiger partial charge in [0.05, 0.1) is 5.69 Å². The summed E-state index contributed by atoms with van der Waals surface area (Å²) in [5.41, 5.74) is 1.86. The zero-order valence-corrected chi connectivity index (χ0v) is 12.9. The Kier molecular flexibility index (Phi) is 3.06. The molecule has 1 aliphatic rings. The van der Waals surface area contributed by atoms with Crippen LogP contribution in [0.4, 0.5) is 5.69 Å². The van der Waals surface area contributed by atoms with Crippen molar-refractivity contribution in [2.75, 3.05) is 4.90 Å². The molecule has 1 aliphatic heterocycles. The molecule has 0 radical (unpaired) electrons. The fourth-order valence-electron chi connectivity index (χ4n) is 3.13. The monoisotopic (exact) mass is 315 g/mol. The van der Waals surface area contributed by atoms with Gasteiger partial charge in [-0.1, -0.05) is 36.4 Å². The molecule has 0 aromatic heterocycles. The number of rotatable bonds is 2. The number of imide groups is 1. The number of anilines is 1. The number of carbonyl (C=O) groups excluding carboxylic acids is 3. The molecule has 0 bridgehead atoms. The van der Waals surface area contributed by atoms with E-state index in [0.29, 0.717) is 27.8 Å². The molecule has 0 atom stereocenters. The summed E-state index contributed by atoms with van der Waals surface area (Å²) >= 11 is 0. The molecule has 116 valence electrons. The number of ketones is 1. The average molecular weight is 315 g/mol. The van der Waals surface area contributed by atoms with Crippen LogP contribution in [0.5, 0.6) is 0 Å². The van der Waals surface area contributed by atoms with Crippen LogP contribution in [-0.4, -0.2) is 17.6 Å². The van der Waals surface area contributed by atoms with Crippen LogP contribution in [0.3, 0.4) is 0 Å². The zero-order chi connectivity index (χ0) is 16.8. The topological polar surface area (TPSA) is 54.5 Å². The van der Waals surface area contributed by atoms with Gasteiger partial charge in [-0.05, 0) is 36.6 Å². The Balaban J connectivity index is 1.94. The maximum absolute atomic E-state index is 12.9. The molecule has 0 saturated carbocycles. The van der Waals surface area contributed by atoms with Gasteiger partial charge in [0, 0.05) is 22.1 Å². The van der Waals surface area contributed by atoms with Crippen LogP contribution < -0.4 is 4.90 Å². The van der Waals surface area contributed by atoms with Crippen LogP contribution in [0, 0.1) is 0 Å². The van der Waals surface area contributed by atoms with Crippen molar-refractivity contribution in [3.8, 4) is 0 Å². The van der Waals surface area contributed by atoms with Crippen LogP contribution >= 0.6 is 0 Å². The second-order valence-corrected chi connectivity index (χ2v) is 5.76. The lowest BCUT2D eigenvalue weighted by molar-refractivity contribution is 0.0891. The Bertz CT molecular complexity index is 985. The van der Waals surface area contributed by atoms with E-state index in [-0.39, 0.29) is 17.6 Å². The highest BCUT2D eigenvalue weighted by atomic mass is 16.2. The first kappa shape index (κ1) is 14.3. The number of hydrogen-bond donors (Lipinski definition) is 0. The normalized spacial score (nSPS) is 13.5. The van der Waals surface area contributed by atoms with Crippen LogP contribution in [0.1, 0.15) is 38.0 Å². The highest BCUT2D eigenvalue weighted by molar-refractivity contribution is 6.35. The Hall–Kier alpha value is -3.27. The highest BCUT2D eigenvalue weighted by Crippen LogP contribution is 2.32. The van der Waals surface area contributed by atoms with Gasteiger partial charge < -0.3 is 0 Å². The van der Waals surface area contributed by atoms with Gasteiger partial charge in [-0.15, -0.1) is 0 Å². The molecule has 0 spiro atoms. The van der Waals surface area contributed by atoms with Gasteiger partial charge in [-0.25, -0.2) is 4.90 Å². The molecule has 24 heavy (non-hydrogen) atoms. The minimum atomic E-state index is -0.370. The standard InChI is InChI=1S/C20H13NO3/c1-12(22)14-7-2-8-15(11-14)21-19(23)16-9-3-5-13-6-4-10-17(18(13)16)20(21)24/h2-11H,1H3. The lowest BCUT2D eigenvalue weighted by Crippen LogP contribution is -2.40. The average Bonchev–Trinajstić information content (AvgIpc) is 2.60. The third kappa shape index (κ3) is 1.97. The van der Waals surface area contributed by atoms with Gasteiger partial charge in [0.25, 0.3) is 11.8 Å². The van der Waals surface area contributed by atoms with E-state index in [1.165, 1.54) is 6.92 Å². The minimum Gasteiger partial charge on any atom is -0.295 e. The highest BCUT2D eigenvalue weighted by Gasteiger charge is 2.33. The van der Waals surface area contributed by atoms with E-state index < -0.39 is 0 Å². The maximum Gasteiger partial charge on any atom is 0.265 e. The molecule has 3 aromatic carbocycles. The van der Waals surface area contributed by atoms with Crippen LogP contribution in [-0.2, 0) is 0 Å². The van der Waals surface area contributed by atoms with Gasteiger partial charge >= 0.3 is 0 Å². The first-order chi connectivity index (χ1) is 11.6. The Labute approximate surface area is 138 Å². The third-order valence-electron chi connectivity index (χ3n) is 4.28. The first-order valence-electron chi connectivity index (χ1n) is 7.59. The van der Waals surface area contributed by atoms with Crippen molar-refractivity contribution in [3.63, 3.8) is 0 Å². The summed E-state index contributed by atoms with van der Waals surface area (Å²) in [5, 5.41) is 1.55. The van der Waals surface area contributed by atoms with Gasteiger partial charge in [0.1, 0.15) is 0 Å². The molecular formula is C20H13NO3. The number of carbonyl (C=O) groups is 3. The van der Waals surface area contributed by atoms with Gasteiger partial charge in [0.15, 0.2) is 5.78 Å². The van der Waals surface area contributed by atoms with Gasteiger partial charge in [-0.3, -0.25) is 14.4 Å². The molecule has 0 aliphatic carbocycles. The number of amides is 2. The van der Waals surface area contributed by atoms with Crippen molar-refractivity contribution < 1.29 is 14.4 Å². The Morgan fingerprint density at radius 3 is 2.00 bits per heavy atom. The molecule has 0 N–H and O–H groups in total. The molecule has 2 amide bonds. The largest absolute Gasteiger partial charge is 0.295 e. The summed E-state index contributed by atoms with van der Waals surface area (Å²) in [6.07, 6.45) is 0. The number of hydrogen-bond acceptors (Lipinski definition) is 3. The fraction of sp³-hybridized carbons (Fsp3) is 0.0500. The summed E-state index contributed by atoms with van der Waals surface area (Å²) < 4.78 is 0. The second kappa shape index (κ2) is 5.13. The van der Waals surface area contributed by atoms with Gasteiger partial charge in [-0.2, -0.15) is 0 Å². The quantitative estimate of drug-likeness (QED) is 0.533. The van der Waals surface area contributed by atoms with Crippen LogP contribution in [0.25, 0.3) is 10.8 Å². The number of benzene rings is 3. The van der Waals surface area contributed by atoms with Crippen molar-refractivity contribution >= 4 is 34.1 Å². The third-order valence-corrected chi connectivity index (χ3v) is 4.28. The number of nitrogens with zero attached hydrogens (tertiary/aromatic N) is 1. The summed E-state index contributed by atoms with van der Waals surface area (Å²) in [6, 6.07) is 17.4. The minimum absolute atomic E-state index is 0.115. The molecule has 4 heteroatoms. The molecular weight excluding hydrogens is 302 g/mol. The van der Waals surface area contributed by atoms with Crippen LogP contribution in [0.15, 0.2) is 60.7 Å². The molecule has 0 fully saturated rings. The van der Waals surface area contributed by atoms with E-state index in [4.69, 9.17) is 0 Å². The molecule has 1 heterocycles. The lowest BCUT2D eigenvalue weighted by atomic mass is 9.93. The van der Waals surface area contributed by atoms with E-state index in [2.05, 4.69) is 0 Å². The van der Waals surface area contributed by atoms with Crippen molar-refractivity contribution in [1.82, 2.24) is 0 Å². The molecule has 0 unspecified atom stereocenters. The summed E-state index contributed by atoms with van der Waals surface area (Å²) in [6.45, 7) is 1.45. The van der Waals surface area contributed by atoms with E-state index in [1.54, 1.807) is 48.5 Å². The fourth-order valence-corrected chi connectivity index (χ4v) is 3.13. The smallest absolute Gasteiger partial charge is 0.265 e. The van der Waals surface area contributed by atoms with Gasteiger partial charge in [0.2, 0.25) is 0 Å². The SMILES string of the molecule is CC(=O)c1cccc(N2C(=O)c3cccc4cccc(c34)C2=O)c1.